The maximum Gasteiger partial charge on any atom is 0.0998 e. The largest absolute Gasteiger partial charge is 0.192 e. The fourth-order valence-corrected chi connectivity index (χ4v) is 1.94. The Hall–Kier alpha value is -1.75. The molecule has 0 aliphatic rings. The van der Waals surface area contributed by atoms with Crippen molar-refractivity contribution in [2.75, 3.05) is 0 Å². The summed E-state index contributed by atoms with van der Waals surface area (Å²) < 4.78 is 0. The summed E-state index contributed by atoms with van der Waals surface area (Å²) in [6.07, 6.45) is 1.79. The molecule has 0 heterocycles. The zero-order valence-corrected chi connectivity index (χ0v) is 10.9. The number of allylic oxidation sites excluding steroid dienone is 1. The summed E-state index contributed by atoms with van der Waals surface area (Å²) in [6, 6.07) is 16.7. The molecule has 0 saturated heterocycles. The first kappa shape index (κ1) is 12.7. The van der Waals surface area contributed by atoms with Crippen LogP contribution < -0.4 is 0 Å². The van der Waals surface area contributed by atoms with Crippen molar-refractivity contribution in [2.45, 2.75) is 0 Å². The summed E-state index contributed by atoms with van der Waals surface area (Å²) in [4.78, 5) is 0. The molecule has 0 aromatic heterocycles. The van der Waals surface area contributed by atoms with Crippen molar-refractivity contribution in [3.05, 3.63) is 69.7 Å². The van der Waals surface area contributed by atoms with Crippen molar-refractivity contribution < 1.29 is 0 Å². The van der Waals surface area contributed by atoms with Crippen LogP contribution in [-0.2, 0) is 0 Å². The minimum Gasteiger partial charge on any atom is -0.192 e. The van der Waals surface area contributed by atoms with Crippen molar-refractivity contribution in [3.63, 3.8) is 0 Å². The lowest BCUT2D eigenvalue weighted by Crippen LogP contribution is -1.83. The molecule has 0 radical (unpaired) electrons. The van der Waals surface area contributed by atoms with Crippen molar-refractivity contribution in [2.24, 2.45) is 0 Å². The van der Waals surface area contributed by atoms with Crippen LogP contribution in [0.3, 0.4) is 0 Å². The predicted molar refractivity (Wildman–Crippen MR) is 76.4 cm³/mol. The number of hydrogen-bond acceptors (Lipinski definition) is 1. The third-order valence-electron chi connectivity index (χ3n) is 2.47. The molecular weight excluding hydrogens is 265 g/mol. The van der Waals surface area contributed by atoms with Gasteiger partial charge in [0.1, 0.15) is 0 Å². The fraction of sp³-hybridized carbons (Fsp3) is 0. The van der Waals surface area contributed by atoms with Gasteiger partial charge in [0.15, 0.2) is 0 Å². The zero-order valence-electron chi connectivity index (χ0n) is 9.40. The van der Waals surface area contributed by atoms with Gasteiger partial charge in [-0.3, -0.25) is 0 Å². The minimum atomic E-state index is 0.530. The van der Waals surface area contributed by atoms with Crippen molar-refractivity contribution in [1.29, 1.82) is 5.26 Å². The van der Waals surface area contributed by atoms with Gasteiger partial charge in [0, 0.05) is 15.6 Å². The third kappa shape index (κ3) is 2.92. The van der Waals surface area contributed by atoms with Crippen LogP contribution in [0, 0.1) is 11.3 Å². The number of rotatable bonds is 2. The maximum absolute atomic E-state index is 9.22. The summed E-state index contributed by atoms with van der Waals surface area (Å²) in [5, 5.41) is 10.5. The quantitative estimate of drug-likeness (QED) is 0.554. The Balaban J connectivity index is 2.44. The number of nitrogens with zero attached hydrogens (tertiary/aromatic N) is 1. The van der Waals surface area contributed by atoms with E-state index in [2.05, 4.69) is 6.07 Å². The lowest BCUT2D eigenvalue weighted by atomic mass is 10.0. The fourth-order valence-electron chi connectivity index (χ4n) is 1.58. The van der Waals surface area contributed by atoms with Crippen LogP contribution in [-0.4, -0.2) is 0 Å². The van der Waals surface area contributed by atoms with Gasteiger partial charge in [0.05, 0.1) is 11.6 Å². The van der Waals surface area contributed by atoms with E-state index in [0.717, 1.165) is 11.1 Å². The summed E-state index contributed by atoms with van der Waals surface area (Å²) in [5.74, 6) is 0. The topological polar surface area (TPSA) is 23.8 Å². The Morgan fingerprint density at radius 2 is 1.67 bits per heavy atom. The van der Waals surface area contributed by atoms with E-state index in [-0.39, 0.29) is 0 Å². The van der Waals surface area contributed by atoms with E-state index in [4.69, 9.17) is 23.2 Å². The second-order valence-corrected chi connectivity index (χ2v) is 4.54. The van der Waals surface area contributed by atoms with E-state index >= 15 is 0 Å². The van der Waals surface area contributed by atoms with E-state index in [1.165, 1.54) is 0 Å². The van der Waals surface area contributed by atoms with Gasteiger partial charge in [-0.25, -0.2) is 0 Å². The Labute approximate surface area is 116 Å². The molecule has 0 saturated carbocycles. The van der Waals surface area contributed by atoms with Gasteiger partial charge in [-0.1, -0.05) is 53.5 Å². The van der Waals surface area contributed by atoms with Gasteiger partial charge < -0.3 is 0 Å². The lowest BCUT2D eigenvalue weighted by molar-refractivity contribution is 1.52. The van der Waals surface area contributed by atoms with Crippen LogP contribution >= 0.6 is 23.2 Å². The predicted octanol–water partition coefficient (Wildman–Crippen LogP) is 5.06. The van der Waals surface area contributed by atoms with Gasteiger partial charge in [-0.05, 0) is 29.8 Å². The SMILES string of the molecule is N#CC(=Cc1ccc(Cl)cc1)c1ccccc1Cl. The second kappa shape index (κ2) is 5.73. The standard InChI is InChI=1S/C15H9Cl2N/c16-13-7-5-11(6-8-13)9-12(10-18)14-3-1-2-4-15(14)17/h1-9H. The molecule has 2 aromatic carbocycles. The van der Waals surface area contributed by atoms with Crippen LogP contribution in [0.5, 0.6) is 0 Å². The lowest BCUT2D eigenvalue weighted by Gasteiger charge is -2.02. The molecule has 0 aliphatic carbocycles. The van der Waals surface area contributed by atoms with E-state index in [1.807, 2.05) is 30.3 Å². The van der Waals surface area contributed by atoms with Gasteiger partial charge in [-0.15, -0.1) is 0 Å². The highest BCUT2D eigenvalue weighted by Gasteiger charge is 2.05. The first-order valence-corrected chi connectivity index (χ1v) is 6.08. The highest BCUT2D eigenvalue weighted by molar-refractivity contribution is 6.32. The van der Waals surface area contributed by atoms with Crippen molar-refractivity contribution in [3.8, 4) is 6.07 Å². The summed E-state index contributed by atoms with van der Waals surface area (Å²) >= 11 is 11.9. The first-order valence-electron chi connectivity index (χ1n) is 5.33. The first-order chi connectivity index (χ1) is 8.70. The number of halogens is 2. The molecule has 1 nitrogen and oxygen atoms in total. The molecule has 0 spiro atoms. The minimum absolute atomic E-state index is 0.530. The maximum atomic E-state index is 9.22. The van der Waals surface area contributed by atoms with E-state index in [0.29, 0.717) is 15.6 Å². The highest BCUT2D eigenvalue weighted by Crippen LogP contribution is 2.25. The van der Waals surface area contributed by atoms with Crippen LogP contribution in [0.1, 0.15) is 11.1 Å². The molecule has 2 aromatic rings. The summed E-state index contributed by atoms with van der Waals surface area (Å²) in [5.41, 5.74) is 2.18. The zero-order chi connectivity index (χ0) is 13.0. The average Bonchev–Trinajstić information content (AvgIpc) is 2.39. The van der Waals surface area contributed by atoms with Crippen LogP contribution in [0.2, 0.25) is 10.0 Å². The van der Waals surface area contributed by atoms with Crippen LogP contribution in [0.4, 0.5) is 0 Å². The Kier molecular flexibility index (Phi) is 4.04. The molecule has 2 rings (SSSR count). The van der Waals surface area contributed by atoms with Gasteiger partial charge in [-0.2, -0.15) is 5.26 Å². The third-order valence-corrected chi connectivity index (χ3v) is 3.05. The van der Waals surface area contributed by atoms with Gasteiger partial charge >= 0.3 is 0 Å². The van der Waals surface area contributed by atoms with Crippen molar-refractivity contribution >= 4 is 34.9 Å². The number of hydrogen-bond donors (Lipinski definition) is 0. The molecule has 0 unspecified atom stereocenters. The normalized spacial score (nSPS) is 11.1. The molecule has 3 heteroatoms. The Bertz CT molecular complexity index is 622. The van der Waals surface area contributed by atoms with Crippen LogP contribution in [0.25, 0.3) is 11.6 Å². The highest BCUT2D eigenvalue weighted by atomic mass is 35.5. The monoisotopic (exact) mass is 273 g/mol. The molecule has 0 amide bonds. The Morgan fingerprint density at radius 3 is 2.28 bits per heavy atom. The molecule has 0 aliphatic heterocycles. The van der Waals surface area contributed by atoms with Crippen molar-refractivity contribution in [1.82, 2.24) is 0 Å². The smallest absolute Gasteiger partial charge is 0.0998 e. The molecular formula is C15H9Cl2N. The summed E-state index contributed by atoms with van der Waals surface area (Å²) in [6.45, 7) is 0. The van der Waals surface area contributed by atoms with Crippen LogP contribution in [0.15, 0.2) is 48.5 Å². The molecule has 0 bridgehead atoms. The average molecular weight is 274 g/mol. The molecule has 88 valence electrons. The summed E-state index contributed by atoms with van der Waals surface area (Å²) in [7, 11) is 0. The molecule has 0 atom stereocenters. The van der Waals surface area contributed by atoms with Gasteiger partial charge in [0.2, 0.25) is 0 Å². The Morgan fingerprint density at radius 1 is 1.00 bits per heavy atom. The van der Waals surface area contributed by atoms with E-state index < -0.39 is 0 Å². The van der Waals surface area contributed by atoms with E-state index in [9.17, 15) is 5.26 Å². The van der Waals surface area contributed by atoms with Gasteiger partial charge in [0.25, 0.3) is 0 Å². The molecule has 0 fully saturated rings. The van der Waals surface area contributed by atoms with E-state index in [1.54, 1.807) is 24.3 Å². The molecule has 0 N–H and O–H groups in total. The second-order valence-electron chi connectivity index (χ2n) is 3.70. The number of benzene rings is 2. The number of nitriles is 1. The molecule has 18 heavy (non-hydrogen) atoms.